The molecule has 0 radical (unpaired) electrons. The fraction of sp³-hybridized carbons (Fsp3) is 0.300. The Bertz CT molecular complexity index is 1330. The topological polar surface area (TPSA) is 108 Å². The van der Waals surface area contributed by atoms with E-state index in [2.05, 4.69) is 29.5 Å². The van der Waals surface area contributed by atoms with Crippen LogP contribution in [0.25, 0.3) is 11.3 Å². The molecular formula is C30H32N4O4. The zero-order valence-electron chi connectivity index (χ0n) is 21.9. The van der Waals surface area contributed by atoms with Gasteiger partial charge >= 0.3 is 6.03 Å². The lowest BCUT2D eigenvalue weighted by molar-refractivity contribution is -0.119. The van der Waals surface area contributed by atoms with Gasteiger partial charge in [-0.2, -0.15) is 0 Å². The molecule has 2 N–H and O–H groups in total. The number of benzene rings is 2. The van der Waals surface area contributed by atoms with Crippen LogP contribution in [0.5, 0.6) is 0 Å². The molecule has 2 aromatic carbocycles. The van der Waals surface area contributed by atoms with E-state index in [0.717, 1.165) is 23.2 Å². The normalized spacial score (nSPS) is 14.8. The Balaban J connectivity index is 1.44. The molecule has 0 bridgehead atoms. The van der Waals surface area contributed by atoms with Crippen LogP contribution in [0.3, 0.4) is 0 Å². The maximum absolute atomic E-state index is 13.2. The summed E-state index contributed by atoms with van der Waals surface area (Å²) in [6.45, 7) is 6.73. The predicted octanol–water partition coefficient (Wildman–Crippen LogP) is 5.45. The summed E-state index contributed by atoms with van der Waals surface area (Å²) in [5, 5.41) is 5.84. The lowest BCUT2D eigenvalue weighted by Crippen LogP contribution is -2.45. The smallest absolute Gasteiger partial charge is 0.322 e. The first-order valence-corrected chi connectivity index (χ1v) is 12.9. The highest BCUT2D eigenvalue weighted by Gasteiger charge is 2.34. The van der Waals surface area contributed by atoms with Crippen LogP contribution >= 0.6 is 0 Å². The number of amides is 3. The van der Waals surface area contributed by atoms with Gasteiger partial charge in [-0.3, -0.25) is 19.4 Å². The van der Waals surface area contributed by atoms with Gasteiger partial charge in [0.1, 0.15) is 6.04 Å². The van der Waals surface area contributed by atoms with Crippen LogP contribution in [0.15, 0.2) is 60.8 Å². The first-order chi connectivity index (χ1) is 18.3. The number of aldehydes is 1. The molecule has 1 saturated heterocycles. The van der Waals surface area contributed by atoms with Crippen LogP contribution in [0.2, 0.25) is 0 Å². The molecule has 38 heavy (non-hydrogen) atoms. The molecule has 8 heteroatoms. The Hall–Kier alpha value is -4.33. The average Bonchev–Trinajstić information content (AvgIpc) is 3.43. The standard InChI is InChI=1S/C30H32N4O4/c1-4-20-16-25(17-31-28(20)23-9-7-22(8-10-23)27(36)18-35)32-29(37)26-6-5-15-34(26)30(38)33-24-13-11-21(12-14-24)19(2)3/h7-14,16-19,26H,4-6,15H2,1-3H3,(H,32,37)(H,33,38)/t26-/m1/s1. The summed E-state index contributed by atoms with van der Waals surface area (Å²) < 4.78 is 0. The second-order valence-electron chi connectivity index (χ2n) is 9.69. The molecule has 0 aliphatic carbocycles. The van der Waals surface area contributed by atoms with Crippen LogP contribution < -0.4 is 10.6 Å². The van der Waals surface area contributed by atoms with Gasteiger partial charge in [-0.15, -0.1) is 0 Å². The Labute approximate surface area is 222 Å². The van der Waals surface area contributed by atoms with Gasteiger partial charge in [0.05, 0.1) is 17.6 Å². The maximum atomic E-state index is 13.2. The van der Waals surface area contributed by atoms with Crippen molar-refractivity contribution in [1.82, 2.24) is 9.88 Å². The quantitative estimate of drug-likeness (QED) is 0.237. The minimum Gasteiger partial charge on any atom is -0.323 e. The SMILES string of the molecule is CCc1cc(NC(=O)[C@H]2CCCN2C(=O)Nc2ccc(C(C)C)cc2)cnc1-c1ccc(C(=O)C=O)cc1. The average molecular weight is 513 g/mol. The Morgan fingerprint density at radius 2 is 1.74 bits per heavy atom. The highest BCUT2D eigenvalue weighted by molar-refractivity contribution is 6.33. The fourth-order valence-electron chi connectivity index (χ4n) is 4.62. The number of carbonyl (C=O) groups is 4. The summed E-state index contributed by atoms with van der Waals surface area (Å²) in [4.78, 5) is 54.6. The van der Waals surface area contributed by atoms with Gasteiger partial charge in [0.15, 0.2) is 6.29 Å². The number of ketones is 1. The van der Waals surface area contributed by atoms with Crippen molar-refractivity contribution in [3.8, 4) is 11.3 Å². The van der Waals surface area contributed by atoms with Crippen LogP contribution in [0.4, 0.5) is 16.2 Å². The molecule has 196 valence electrons. The predicted molar refractivity (Wildman–Crippen MR) is 147 cm³/mol. The van der Waals surface area contributed by atoms with Crippen LogP contribution in [0.1, 0.15) is 61.0 Å². The molecule has 4 rings (SSSR count). The monoisotopic (exact) mass is 512 g/mol. The van der Waals surface area contributed by atoms with Crippen molar-refractivity contribution in [1.29, 1.82) is 0 Å². The Kier molecular flexibility index (Phi) is 8.31. The largest absolute Gasteiger partial charge is 0.323 e. The van der Waals surface area contributed by atoms with Crippen LogP contribution in [0, 0.1) is 0 Å². The number of nitrogens with zero attached hydrogens (tertiary/aromatic N) is 2. The number of anilines is 2. The number of pyridine rings is 1. The van der Waals surface area contributed by atoms with Crippen molar-refractivity contribution in [2.24, 2.45) is 0 Å². The van der Waals surface area contributed by atoms with Crippen molar-refractivity contribution in [2.75, 3.05) is 17.2 Å². The molecule has 0 saturated carbocycles. The van der Waals surface area contributed by atoms with E-state index in [9.17, 15) is 19.2 Å². The number of carbonyl (C=O) groups excluding carboxylic acids is 4. The first-order valence-electron chi connectivity index (χ1n) is 12.9. The minimum atomic E-state index is -0.572. The van der Waals surface area contributed by atoms with Crippen LogP contribution in [-0.4, -0.2) is 46.5 Å². The molecule has 0 unspecified atom stereocenters. The molecule has 3 aromatic rings. The van der Waals surface area contributed by atoms with Gasteiger partial charge in [0.25, 0.3) is 0 Å². The van der Waals surface area contributed by atoms with E-state index in [1.165, 1.54) is 5.56 Å². The fourth-order valence-corrected chi connectivity index (χ4v) is 4.62. The number of hydrogen-bond acceptors (Lipinski definition) is 5. The highest BCUT2D eigenvalue weighted by atomic mass is 16.2. The number of aryl methyl sites for hydroxylation is 1. The number of urea groups is 1. The van der Waals surface area contributed by atoms with Gasteiger partial charge in [-0.1, -0.05) is 57.2 Å². The van der Waals surface area contributed by atoms with Crippen molar-refractivity contribution in [3.63, 3.8) is 0 Å². The number of nitrogens with one attached hydrogen (secondary N) is 2. The van der Waals surface area contributed by atoms with E-state index < -0.39 is 11.8 Å². The zero-order chi connectivity index (χ0) is 27.2. The minimum absolute atomic E-state index is 0.249. The summed E-state index contributed by atoms with van der Waals surface area (Å²) in [5.74, 6) is -0.416. The van der Waals surface area contributed by atoms with Gasteiger partial charge in [-0.05, 0) is 54.5 Å². The number of Topliss-reactive ketones (excluding diaryl/α,β-unsaturated/α-hetero) is 1. The van der Waals surface area contributed by atoms with Gasteiger partial charge < -0.3 is 15.5 Å². The van der Waals surface area contributed by atoms with E-state index >= 15 is 0 Å². The Morgan fingerprint density at radius 1 is 1.03 bits per heavy atom. The second kappa shape index (κ2) is 11.8. The van der Waals surface area contributed by atoms with E-state index in [1.807, 2.05) is 37.3 Å². The van der Waals surface area contributed by atoms with Crippen molar-refractivity contribution >= 4 is 35.4 Å². The molecule has 3 amide bonds. The molecule has 1 atom stereocenters. The van der Waals surface area contributed by atoms with Gasteiger partial charge in [0.2, 0.25) is 11.7 Å². The zero-order valence-corrected chi connectivity index (χ0v) is 21.9. The van der Waals surface area contributed by atoms with Crippen molar-refractivity contribution in [2.45, 2.75) is 52.0 Å². The molecule has 0 spiro atoms. The van der Waals surface area contributed by atoms with E-state index in [4.69, 9.17) is 0 Å². The summed E-state index contributed by atoms with van der Waals surface area (Å²) in [7, 11) is 0. The highest BCUT2D eigenvalue weighted by Crippen LogP contribution is 2.26. The van der Waals surface area contributed by atoms with Crippen molar-refractivity contribution in [3.05, 3.63) is 77.5 Å². The van der Waals surface area contributed by atoms with E-state index in [-0.39, 0.29) is 11.9 Å². The maximum Gasteiger partial charge on any atom is 0.322 e. The lowest BCUT2D eigenvalue weighted by atomic mass is 10.0. The molecule has 1 fully saturated rings. The number of rotatable bonds is 8. The number of hydrogen-bond donors (Lipinski definition) is 2. The third kappa shape index (κ3) is 5.96. The summed E-state index contributed by atoms with van der Waals surface area (Å²) >= 11 is 0. The second-order valence-corrected chi connectivity index (χ2v) is 9.69. The molecule has 8 nitrogen and oxygen atoms in total. The number of aromatic nitrogens is 1. The molecular weight excluding hydrogens is 480 g/mol. The van der Waals surface area contributed by atoms with Crippen LogP contribution in [-0.2, 0) is 16.0 Å². The van der Waals surface area contributed by atoms with Gasteiger partial charge in [0, 0.05) is 23.4 Å². The Morgan fingerprint density at radius 3 is 2.37 bits per heavy atom. The summed E-state index contributed by atoms with van der Waals surface area (Å²) in [5.41, 5.74) is 5.23. The van der Waals surface area contributed by atoms with E-state index in [1.54, 1.807) is 35.4 Å². The van der Waals surface area contributed by atoms with Crippen molar-refractivity contribution < 1.29 is 19.2 Å². The molecule has 2 heterocycles. The molecule has 1 aliphatic heterocycles. The van der Waals surface area contributed by atoms with E-state index in [0.29, 0.717) is 48.5 Å². The molecule has 1 aromatic heterocycles. The molecule has 1 aliphatic rings. The first kappa shape index (κ1) is 26.7. The lowest BCUT2D eigenvalue weighted by Gasteiger charge is -2.24. The summed E-state index contributed by atoms with van der Waals surface area (Å²) in [6.07, 6.45) is 3.89. The third-order valence-corrected chi connectivity index (χ3v) is 6.81. The number of likely N-dealkylation sites (tertiary alicyclic amines) is 1. The van der Waals surface area contributed by atoms with Gasteiger partial charge in [-0.25, -0.2) is 4.79 Å². The summed E-state index contributed by atoms with van der Waals surface area (Å²) in [6, 6.07) is 15.5. The third-order valence-electron chi connectivity index (χ3n) is 6.81.